The Balaban J connectivity index is 1.24. The fourth-order valence-corrected chi connectivity index (χ4v) is 6.04. The molecule has 9 heteroatoms. The van der Waals surface area contributed by atoms with Crippen LogP contribution in [0.15, 0.2) is 35.3 Å². The summed E-state index contributed by atoms with van der Waals surface area (Å²) in [6, 6.07) is 8.66. The third-order valence-corrected chi connectivity index (χ3v) is 8.75. The van der Waals surface area contributed by atoms with Crippen LogP contribution < -0.4 is 25.8 Å². The number of anilines is 3. The van der Waals surface area contributed by atoms with E-state index in [1.807, 2.05) is 23.8 Å². The first-order valence-electron chi connectivity index (χ1n) is 14.5. The normalized spacial score (nSPS) is 22.3. The van der Waals surface area contributed by atoms with Gasteiger partial charge in [0.15, 0.2) is 0 Å². The molecular weight excluding hydrogens is 490 g/mol. The molecular formula is C30H41N7O2. The van der Waals surface area contributed by atoms with Crippen molar-refractivity contribution in [3.05, 3.63) is 46.4 Å². The number of piperazine rings is 1. The first kappa shape index (κ1) is 26.1. The van der Waals surface area contributed by atoms with Crippen LogP contribution in [0.1, 0.15) is 50.1 Å². The van der Waals surface area contributed by atoms with Crippen molar-refractivity contribution < 1.29 is 4.74 Å². The zero-order valence-electron chi connectivity index (χ0n) is 23.4. The maximum absolute atomic E-state index is 13.3. The van der Waals surface area contributed by atoms with Crippen LogP contribution >= 0.6 is 0 Å². The Kier molecular flexibility index (Phi) is 7.44. The molecule has 0 bridgehead atoms. The van der Waals surface area contributed by atoms with E-state index in [1.54, 1.807) is 13.2 Å². The molecule has 3 fully saturated rings. The standard InChI is InChI=1S/C30H41N7O2/c1-20-16-28(38)37(23-8-6-22(7-9-23)31-18-21-4-5-21)29-25(20)19-32-30(34-29)33-26-11-10-24(17-27(26)39-3)36-14-12-35(2)13-15-36/h10-11,16-17,19,21-23,31H,4-9,12-15,18H2,1-3H3,(H,32,33,34). The highest BCUT2D eigenvalue weighted by Gasteiger charge is 2.27. The fourth-order valence-electron chi connectivity index (χ4n) is 6.04. The van der Waals surface area contributed by atoms with E-state index in [4.69, 9.17) is 9.72 Å². The molecule has 3 aromatic rings. The largest absolute Gasteiger partial charge is 0.494 e. The molecule has 2 aromatic heterocycles. The minimum Gasteiger partial charge on any atom is -0.494 e. The second kappa shape index (κ2) is 11.1. The Bertz CT molecular complexity index is 1370. The van der Waals surface area contributed by atoms with Crippen molar-refractivity contribution in [2.75, 3.05) is 57.1 Å². The Morgan fingerprint density at radius 1 is 1.03 bits per heavy atom. The predicted molar refractivity (Wildman–Crippen MR) is 157 cm³/mol. The molecule has 0 radical (unpaired) electrons. The van der Waals surface area contributed by atoms with E-state index in [9.17, 15) is 4.79 Å². The molecule has 0 spiro atoms. The number of nitrogens with one attached hydrogen (secondary N) is 2. The Labute approximate surface area is 230 Å². The molecule has 6 rings (SSSR count). The molecule has 208 valence electrons. The summed E-state index contributed by atoms with van der Waals surface area (Å²) < 4.78 is 7.66. The first-order chi connectivity index (χ1) is 19.0. The molecule has 0 amide bonds. The van der Waals surface area contributed by atoms with Gasteiger partial charge in [0.2, 0.25) is 5.95 Å². The van der Waals surface area contributed by atoms with Gasteiger partial charge in [0.05, 0.1) is 12.8 Å². The van der Waals surface area contributed by atoms with Gasteiger partial charge in [0.25, 0.3) is 5.56 Å². The average molecular weight is 532 g/mol. The molecule has 3 heterocycles. The third kappa shape index (κ3) is 5.75. The summed E-state index contributed by atoms with van der Waals surface area (Å²) in [5, 5.41) is 8.04. The second-order valence-corrected chi connectivity index (χ2v) is 11.6. The van der Waals surface area contributed by atoms with Crippen LogP contribution in [0.2, 0.25) is 0 Å². The topological polar surface area (TPSA) is 87.5 Å². The number of aryl methyl sites for hydroxylation is 1. The highest BCUT2D eigenvalue weighted by Crippen LogP contribution is 2.34. The minimum absolute atomic E-state index is 0.0214. The van der Waals surface area contributed by atoms with Gasteiger partial charge in [0.1, 0.15) is 11.4 Å². The summed E-state index contributed by atoms with van der Waals surface area (Å²) in [5.41, 5.74) is 3.59. The van der Waals surface area contributed by atoms with Gasteiger partial charge in [-0.3, -0.25) is 9.36 Å². The van der Waals surface area contributed by atoms with Crippen molar-refractivity contribution >= 4 is 28.4 Å². The molecule has 1 aliphatic heterocycles. The Morgan fingerprint density at radius 2 is 1.79 bits per heavy atom. The second-order valence-electron chi connectivity index (χ2n) is 11.6. The van der Waals surface area contributed by atoms with Crippen LogP contribution in [0.3, 0.4) is 0 Å². The summed E-state index contributed by atoms with van der Waals surface area (Å²) >= 11 is 0. The lowest BCUT2D eigenvalue weighted by Gasteiger charge is -2.34. The van der Waals surface area contributed by atoms with Crippen LogP contribution in [0.4, 0.5) is 17.3 Å². The number of pyridine rings is 1. The monoisotopic (exact) mass is 531 g/mol. The van der Waals surface area contributed by atoms with Gasteiger partial charge in [0, 0.05) is 67.7 Å². The maximum atomic E-state index is 13.3. The van der Waals surface area contributed by atoms with Crippen molar-refractivity contribution in [2.24, 2.45) is 5.92 Å². The first-order valence-corrected chi connectivity index (χ1v) is 14.5. The van der Waals surface area contributed by atoms with Crippen LogP contribution in [-0.4, -0.2) is 72.4 Å². The van der Waals surface area contributed by atoms with Gasteiger partial charge < -0.3 is 25.2 Å². The molecule has 0 unspecified atom stereocenters. The van der Waals surface area contributed by atoms with E-state index >= 15 is 0 Å². The van der Waals surface area contributed by atoms with Crippen LogP contribution in [0.5, 0.6) is 5.75 Å². The van der Waals surface area contributed by atoms with E-state index in [0.717, 1.165) is 92.4 Å². The van der Waals surface area contributed by atoms with Crippen LogP contribution in [0, 0.1) is 12.8 Å². The van der Waals surface area contributed by atoms with Gasteiger partial charge in [-0.15, -0.1) is 0 Å². The summed E-state index contributed by atoms with van der Waals surface area (Å²) in [6.45, 7) is 7.19. The molecule has 9 nitrogen and oxygen atoms in total. The summed E-state index contributed by atoms with van der Waals surface area (Å²) in [4.78, 5) is 27.5. The zero-order chi connectivity index (χ0) is 26.9. The molecule has 2 saturated carbocycles. The maximum Gasteiger partial charge on any atom is 0.252 e. The lowest BCUT2D eigenvalue weighted by atomic mass is 9.90. The summed E-state index contributed by atoms with van der Waals surface area (Å²) in [6.07, 6.45) is 8.72. The molecule has 1 aromatic carbocycles. The van der Waals surface area contributed by atoms with E-state index in [2.05, 4.69) is 44.6 Å². The molecule has 3 aliphatic rings. The Morgan fingerprint density at radius 3 is 2.51 bits per heavy atom. The molecule has 0 atom stereocenters. The molecule has 2 aliphatic carbocycles. The summed E-state index contributed by atoms with van der Waals surface area (Å²) in [7, 11) is 3.85. The smallest absolute Gasteiger partial charge is 0.252 e. The number of ether oxygens (including phenoxy) is 1. The number of hydrogen-bond donors (Lipinski definition) is 2. The number of aromatic nitrogens is 3. The van der Waals surface area contributed by atoms with Crippen LogP contribution in [0.25, 0.3) is 11.0 Å². The van der Waals surface area contributed by atoms with E-state index < -0.39 is 0 Å². The van der Waals surface area contributed by atoms with Crippen molar-refractivity contribution in [1.29, 1.82) is 0 Å². The molecule has 2 N–H and O–H groups in total. The number of likely N-dealkylation sites (N-methyl/N-ethyl adjacent to an activating group) is 1. The van der Waals surface area contributed by atoms with Crippen molar-refractivity contribution in [1.82, 2.24) is 24.8 Å². The number of hydrogen-bond acceptors (Lipinski definition) is 8. The van der Waals surface area contributed by atoms with E-state index in [1.165, 1.54) is 12.8 Å². The van der Waals surface area contributed by atoms with Gasteiger partial charge in [-0.1, -0.05) is 0 Å². The lowest BCUT2D eigenvalue weighted by molar-refractivity contribution is 0.289. The number of benzene rings is 1. The van der Waals surface area contributed by atoms with E-state index in [-0.39, 0.29) is 11.6 Å². The van der Waals surface area contributed by atoms with Gasteiger partial charge in [-0.25, -0.2) is 4.98 Å². The number of rotatable bonds is 8. The predicted octanol–water partition coefficient (Wildman–Crippen LogP) is 4.09. The quantitative estimate of drug-likeness (QED) is 0.450. The molecule has 1 saturated heterocycles. The van der Waals surface area contributed by atoms with Gasteiger partial charge >= 0.3 is 0 Å². The summed E-state index contributed by atoms with van der Waals surface area (Å²) in [5.74, 6) is 2.09. The van der Waals surface area contributed by atoms with Crippen molar-refractivity contribution in [3.8, 4) is 5.75 Å². The average Bonchev–Trinajstić information content (AvgIpc) is 3.78. The van der Waals surface area contributed by atoms with Gasteiger partial charge in [-0.2, -0.15) is 4.98 Å². The zero-order valence-corrected chi connectivity index (χ0v) is 23.4. The number of nitrogens with zero attached hydrogens (tertiary/aromatic N) is 5. The highest BCUT2D eigenvalue weighted by atomic mass is 16.5. The lowest BCUT2D eigenvalue weighted by Crippen LogP contribution is -2.44. The van der Waals surface area contributed by atoms with Crippen molar-refractivity contribution in [3.63, 3.8) is 0 Å². The van der Waals surface area contributed by atoms with Crippen molar-refractivity contribution in [2.45, 2.75) is 57.5 Å². The minimum atomic E-state index is 0.0214. The highest BCUT2D eigenvalue weighted by molar-refractivity contribution is 5.80. The number of methoxy groups -OCH3 is 1. The fraction of sp³-hybridized carbons (Fsp3) is 0.567. The molecule has 39 heavy (non-hydrogen) atoms. The SMILES string of the molecule is COc1cc(N2CCN(C)CC2)ccc1Nc1ncc2c(C)cc(=O)n(C3CCC(NCC4CC4)CC3)c2n1. The Hall–Kier alpha value is -3.17. The number of fused-ring (bicyclic) bond motifs is 1. The van der Waals surface area contributed by atoms with Crippen LogP contribution in [-0.2, 0) is 0 Å². The van der Waals surface area contributed by atoms with E-state index in [0.29, 0.717) is 17.6 Å². The van der Waals surface area contributed by atoms with Gasteiger partial charge in [-0.05, 0) is 82.7 Å². The third-order valence-electron chi connectivity index (χ3n) is 8.75.